The van der Waals surface area contributed by atoms with Crippen LogP contribution in [-0.2, 0) is 0 Å². The van der Waals surface area contributed by atoms with Gasteiger partial charge in [-0.3, -0.25) is 0 Å². The predicted molar refractivity (Wildman–Crippen MR) is 53.3 cm³/mol. The van der Waals surface area contributed by atoms with Gasteiger partial charge >= 0.3 is 0 Å². The van der Waals surface area contributed by atoms with Crippen LogP contribution in [0.1, 0.15) is 12.5 Å². The van der Waals surface area contributed by atoms with Gasteiger partial charge in [-0.15, -0.1) is 11.8 Å². The Morgan fingerprint density at radius 1 is 1.69 bits per heavy atom. The van der Waals surface area contributed by atoms with E-state index >= 15 is 0 Å². The van der Waals surface area contributed by atoms with E-state index in [1.54, 1.807) is 24.0 Å². The number of pyridine rings is 1. The summed E-state index contributed by atoms with van der Waals surface area (Å²) in [6, 6.07) is 5.63. The molecule has 0 aliphatic heterocycles. The number of hydrogen-bond donors (Lipinski definition) is 1. The molecule has 4 heteroatoms. The van der Waals surface area contributed by atoms with E-state index < -0.39 is 0 Å². The summed E-state index contributed by atoms with van der Waals surface area (Å²) >= 11 is 1.62. The molecule has 0 saturated carbocycles. The molecule has 0 aliphatic carbocycles. The minimum absolute atomic E-state index is 0.362. The first-order chi connectivity index (χ1) is 6.26. The van der Waals surface area contributed by atoms with Crippen molar-refractivity contribution >= 4 is 11.8 Å². The average molecular weight is 193 g/mol. The Hall–Kier alpha value is -1.05. The van der Waals surface area contributed by atoms with Gasteiger partial charge in [0.15, 0.2) is 0 Å². The summed E-state index contributed by atoms with van der Waals surface area (Å²) in [4.78, 5) is 4.12. The van der Waals surface area contributed by atoms with Crippen LogP contribution in [0.3, 0.4) is 0 Å². The Morgan fingerprint density at radius 2 is 2.46 bits per heavy atom. The maximum atomic E-state index is 8.54. The normalized spacial score (nSPS) is 12.1. The molecule has 0 spiro atoms. The fourth-order valence-electron chi connectivity index (χ4n) is 0.770. The summed E-state index contributed by atoms with van der Waals surface area (Å²) in [5, 5.41) is 9.82. The molecule has 0 radical (unpaired) electrons. The number of thioether (sulfide) groups is 1. The zero-order chi connectivity index (χ0) is 9.68. The third kappa shape index (κ3) is 3.05. The molecule has 1 aromatic rings. The first kappa shape index (κ1) is 10.0. The fourth-order valence-corrected chi connectivity index (χ4v) is 1.54. The fraction of sp³-hybridized carbons (Fsp3) is 0.333. The van der Waals surface area contributed by atoms with E-state index in [4.69, 9.17) is 11.0 Å². The predicted octanol–water partition coefficient (Wildman–Crippen LogP) is 1.39. The van der Waals surface area contributed by atoms with Crippen molar-refractivity contribution in [2.45, 2.75) is 17.2 Å². The molecule has 0 aliphatic rings. The van der Waals surface area contributed by atoms with Gasteiger partial charge in [-0.1, -0.05) is 6.92 Å². The third-order valence-corrected chi connectivity index (χ3v) is 2.60. The minimum atomic E-state index is 0.362. The van der Waals surface area contributed by atoms with Crippen molar-refractivity contribution in [1.82, 2.24) is 4.98 Å². The molecule has 2 N–H and O–H groups in total. The number of aromatic nitrogens is 1. The highest BCUT2D eigenvalue weighted by Gasteiger charge is 2.02. The van der Waals surface area contributed by atoms with Crippen molar-refractivity contribution in [3.05, 3.63) is 23.9 Å². The molecule has 1 rings (SSSR count). The van der Waals surface area contributed by atoms with Crippen molar-refractivity contribution < 1.29 is 0 Å². The number of hydrogen-bond acceptors (Lipinski definition) is 4. The van der Waals surface area contributed by atoms with E-state index in [-0.39, 0.29) is 0 Å². The molecule has 1 heterocycles. The van der Waals surface area contributed by atoms with Crippen molar-refractivity contribution in [3.63, 3.8) is 0 Å². The first-order valence-electron chi connectivity index (χ1n) is 3.99. The van der Waals surface area contributed by atoms with Gasteiger partial charge in [-0.05, 0) is 12.1 Å². The van der Waals surface area contributed by atoms with Crippen LogP contribution in [0.4, 0.5) is 0 Å². The molecule has 0 fully saturated rings. The van der Waals surface area contributed by atoms with E-state index in [2.05, 4.69) is 4.98 Å². The molecule has 1 aromatic heterocycles. The van der Waals surface area contributed by atoms with Crippen molar-refractivity contribution in [3.8, 4) is 6.07 Å². The Balaban J connectivity index is 2.65. The number of nitriles is 1. The zero-order valence-electron chi connectivity index (χ0n) is 7.40. The molecule has 0 aromatic carbocycles. The summed E-state index contributed by atoms with van der Waals surface area (Å²) in [5.41, 5.74) is 6.06. The third-order valence-electron chi connectivity index (χ3n) is 1.52. The summed E-state index contributed by atoms with van der Waals surface area (Å²) in [5.74, 6) is 0. The second-order valence-electron chi connectivity index (χ2n) is 2.66. The van der Waals surface area contributed by atoms with Gasteiger partial charge in [0.25, 0.3) is 0 Å². The zero-order valence-corrected chi connectivity index (χ0v) is 8.21. The van der Waals surface area contributed by atoms with Crippen LogP contribution in [0.25, 0.3) is 0 Å². The standard InChI is InChI=1S/C9H11N3S/c1-7(4-10)13-9-3-2-8(5-11)6-12-9/h2-3,6-7H,4,10H2,1H3. The Bertz CT molecular complexity index is 302. The Kier molecular flexibility index (Phi) is 3.74. The molecule has 1 atom stereocenters. The molecular weight excluding hydrogens is 182 g/mol. The number of nitrogens with zero attached hydrogens (tertiary/aromatic N) is 2. The topological polar surface area (TPSA) is 62.7 Å². The van der Waals surface area contributed by atoms with Crippen LogP contribution in [0, 0.1) is 11.3 Å². The van der Waals surface area contributed by atoms with Crippen molar-refractivity contribution in [2.75, 3.05) is 6.54 Å². The maximum absolute atomic E-state index is 8.54. The van der Waals surface area contributed by atoms with Crippen LogP contribution in [0.2, 0.25) is 0 Å². The highest BCUT2D eigenvalue weighted by Crippen LogP contribution is 2.19. The second-order valence-corrected chi connectivity index (χ2v) is 4.12. The van der Waals surface area contributed by atoms with Crippen LogP contribution >= 0.6 is 11.8 Å². The van der Waals surface area contributed by atoms with E-state index in [1.807, 2.05) is 19.1 Å². The van der Waals surface area contributed by atoms with Crippen LogP contribution in [0.5, 0.6) is 0 Å². The highest BCUT2D eigenvalue weighted by atomic mass is 32.2. The molecule has 68 valence electrons. The number of rotatable bonds is 3. The lowest BCUT2D eigenvalue weighted by molar-refractivity contribution is 0.944. The van der Waals surface area contributed by atoms with Crippen molar-refractivity contribution in [1.29, 1.82) is 5.26 Å². The summed E-state index contributed by atoms with van der Waals surface area (Å²) in [6.07, 6.45) is 1.57. The minimum Gasteiger partial charge on any atom is -0.329 e. The molecule has 0 saturated heterocycles. The first-order valence-corrected chi connectivity index (χ1v) is 4.87. The maximum Gasteiger partial charge on any atom is 0.101 e. The molecule has 0 bridgehead atoms. The lowest BCUT2D eigenvalue weighted by Crippen LogP contribution is -2.12. The van der Waals surface area contributed by atoms with Crippen molar-refractivity contribution in [2.24, 2.45) is 5.73 Å². The van der Waals surface area contributed by atoms with Crippen LogP contribution in [0.15, 0.2) is 23.4 Å². The van der Waals surface area contributed by atoms with Gasteiger partial charge < -0.3 is 5.73 Å². The van der Waals surface area contributed by atoms with Crippen LogP contribution in [-0.4, -0.2) is 16.8 Å². The molecular formula is C9H11N3S. The van der Waals surface area contributed by atoms with Gasteiger partial charge in [0, 0.05) is 18.0 Å². The van der Waals surface area contributed by atoms with Gasteiger partial charge in [0.1, 0.15) is 6.07 Å². The smallest absolute Gasteiger partial charge is 0.101 e. The summed E-state index contributed by atoms with van der Waals surface area (Å²) in [7, 11) is 0. The number of nitrogens with two attached hydrogens (primary N) is 1. The van der Waals surface area contributed by atoms with E-state index in [0.717, 1.165) is 5.03 Å². The van der Waals surface area contributed by atoms with Crippen LogP contribution < -0.4 is 5.73 Å². The molecule has 3 nitrogen and oxygen atoms in total. The quantitative estimate of drug-likeness (QED) is 0.737. The van der Waals surface area contributed by atoms with Gasteiger partial charge in [-0.2, -0.15) is 5.26 Å². The average Bonchev–Trinajstić information content (AvgIpc) is 2.19. The SMILES string of the molecule is CC(CN)Sc1ccc(C#N)cn1. The Labute approximate surface area is 82.0 Å². The lowest BCUT2D eigenvalue weighted by Gasteiger charge is -2.06. The molecule has 1 unspecified atom stereocenters. The van der Waals surface area contributed by atoms with Gasteiger partial charge in [0.05, 0.1) is 10.6 Å². The van der Waals surface area contributed by atoms with E-state index in [0.29, 0.717) is 17.4 Å². The van der Waals surface area contributed by atoms with Gasteiger partial charge in [0.2, 0.25) is 0 Å². The highest BCUT2D eigenvalue weighted by molar-refractivity contribution is 7.99. The summed E-state index contributed by atoms with van der Waals surface area (Å²) in [6.45, 7) is 2.68. The monoisotopic (exact) mass is 193 g/mol. The lowest BCUT2D eigenvalue weighted by atomic mass is 10.3. The van der Waals surface area contributed by atoms with E-state index in [9.17, 15) is 0 Å². The molecule has 0 amide bonds. The van der Waals surface area contributed by atoms with E-state index in [1.165, 1.54) is 0 Å². The Morgan fingerprint density at radius 3 is 2.92 bits per heavy atom. The molecule has 13 heavy (non-hydrogen) atoms. The van der Waals surface area contributed by atoms with Gasteiger partial charge in [-0.25, -0.2) is 4.98 Å². The second kappa shape index (κ2) is 4.85. The largest absolute Gasteiger partial charge is 0.329 e. The summed E-state index contributed by atoms with van der Waals surface area (Å²) < 4.78 is 0.